The van der Waals surface area contributed by atoms with Crippen LogP contribution in [0.25, 0.3) is 11.3 Å². The summed E-state index contributed by atoms with van der Waals surface area (Å²) in [4.78, 5) is 4.53. The monoisotopic (exact) mass is 381 g/mol. The zero-order valence-corrected chi connectivity index (χ0v) is 16.7. The smallest absolute Gasteiger partial charge is 0.203 e. The Bertz CT molecular complexity index is 944. The Kier molecular flexibility index (Phi) is 5.46. The van der Waals surface area contributed by atoms with Gasteiger partial charge in [-0.05, 0) is 23.1 Å². The fraction of sp³-hybridized carbons (Fsp3) is 0.238. The van der Waals surface area contributed by atoms with E-state index >= 15 is 0 Å². The van der Waals surface area contributed by atoms with E-state index < -0.39 is 0 Å². The van der Waals surface area contributed by atoms with E-state index in [0.29, 0.717) is 16.4 Å². The highest BCUT2D eigenvalue weighted by molar-refractivity contribution is 7.14. The molecule has 0 fully saturated rings. The lowest BCUT2D eigenvalue weighted by molar-refractivity contribution is 0.371. The van der Waals surface area contributed by atoms with Gasteiger partial charge in [-0.3, -0.25) is 5.43 Å². The van der Waals surface area contributed by atoms with Gasteiger partial charge in [-0.25, -0.2) is 4.98 Å². The molecule has 140 valence electrons. The zero-order chi connectivity index (χ0) is 19.4. The number of rotatable bonds is 5. The SMILES string of the molecule is COc1cc(C(C)(C)C)cc(C=NNc2nc(-c3ccccc3)cs2)c1O. The third-order valence-corrected chi connectivity index (χ3v) is 4.87. The molecule has 0 saturated carbocycles. The number of nitrogens with zero attached hydrogens (tertiary/aromatic N) is 2. The molecule has 3 rings (SSSR count). The number of nitrogens with one attached hydrogen (secondary N) is 1. The summed E-state index contributed by atoms with van der Waals surface area (Å²) >= 11 is 1.48. The van der Waals surface area contributed by atoms with Gasteiger partial charge in [0, 0.05) is 16.5 Å². The second kappa shape index (κ2) is 7.80. The average Bonchev–Trinajstić information content (AvgIpc) is 3.12. The van der Waals surface area contributed by atoms with Crippen molar-refractivity contribution in [2.75, 3.05) is 12.5 Å². The number of benzene rings is 2. The van der Waals surface area contributed by atoms with E-state index in [4.69, 9.17) is 4.74 Å². The molecule has 0 aliphatic heterocycles. The standard InChI is InChI=1S/C21H23N3O2S/c1-21(2,3)16-10-15(19(25)18(11-16)26-4)12-22-24-20-23-17(13-27-20)14-8-6-5-7-9-14/h5-13,25H,1-4H3,(H,23,24). The third kappa shape index (κ3) is 4.46. The van der Waals surface area contributed by atoms with Crippen molar-refractivity contribution in [3.8, 4) is 22.8 Å². The van der Waals surface area contributed by atoms with Gasteiger partial charge in [-0.2, -0.15) is 5.10 Å². The number of phenols is 1. The summed E-state index contributed by atoms with van der Waals surface area (Å²) < 4.78 is 5.30. The number of phenolic OH excluding ortho intramolecular Hbond substituents is 1. The van der Waals surface area contributed by atoms with E-state index in [1.807, 2.05) is 47.8 Å². The van der Waals surface area contributed by atoms with Crippen molar-refractivity contribution < 1.29 is 9.84 Å². The Morgan fingerprint density at radius 2 is 1.93 bits per heavy atom. The molecule has 0 bridgehead atoms. The van der Waals surface area contributed by atoms with Crippen LogP contribution in [0.15, 0.2) is 52.9 Å². The van der Waals surface area contributed by atoms with Gasteiger partial charge in [-0.15, -0.1) is 11.3 Å². The summed E-state index contributed by atoms with van der Waals surface area (Å²) in [5.41, 5.74) is 6.46. The highest BCUT2D eigenvalue weighted by Crippen LogP contribution is 2.35. The molecule has 0 aliphatic rings. The van der Waals surface area contributed by atoms with E-state index in [2.05, 4.69) is 36.3 Å². The van der Waals surface area contributed by atoms with Crippen LogP contribution in [0.5, 0.6) is 11.5 Å². The van der Waals surface area contributed by atoms with E-state index in [1.165, 1.54) is 11.3 Å². The van der Waals surface area contributed by atoms with Gasteiger partial charge < -0.3 is 9.84 Å². The maximum atomic E-state index is 10.4. The molecular formula is C21H23N3O2S. The molecular weight excluding hydrogens is 358 g/mol. The largest absolute Gasteiger partial charge is 0.504 e. The van der Waals surface area contributed by atoms with Crippen molar-refractivity contribution in [1.29, 1.82) is 0 Å². The molecule has 0 spiro atoms. The molecule has 5 nitrogen and oxygen atoms in total. The van der Waals surface area contributed by atoms with Gasteiger partial charge in [0.25, 0.3) is 0 Å². The molecule has 1 aromatic heterocycles. The lowest BCUT2D eigenvalue weighted by Gasteiger charge is -2.21. The third-order valence-electron chi connectivity index (χ3n) is 4.13. The molecule has 27 heavy (non-hydrogen) atoms. The Balaban J connectivity index is 1.80. The normalized spacial score (nSPS) is 11.7. The first-order valence-electron chi connectivity index (χ1n) is 8.60. The number of hydrogen-bond donors (Lipinski definition) is 2. The van der Waals surface area contributed by atoms with Gasteiger partial charge in [0.1, 0.15) is 0 Å². The van der Waals surface area contributed by atoms with Crippen molar-refractivity contribution in [2.24, 2.45) is 5.10 Å². The van der Waals surface area contributed by atoms with Crippen molar-refractivity contribution in [3.63, 3.8) is 0 Å². The fourth-order valence-corrected chi connectivity index (χ4v) is 3.21. The van der Waals surface area contributed by atoms with Gasteiger partial charge in [-0.1, -0.05) is 51.1 Å². The molecule has 2 aromatic carbocycles. The summed E-state index contributed by atoms with van der Waals surface area (Å²) in [5, 5.41) is 17.3. The number of ether oxygens (including phenoxy) is 1. The predicted molar refractivity (Wildman–Crippen MR) is 112 cm³/mol. The number of hydrazone groups is 1. The Morgan fingerprint density at radius 1 is 1.19 bits per heavy atom. The first-order valence-corrected chi connectivity index (χ1v) is 9.48. The van der Waals surface area contributed by atoms with Crippen LogP contribution in [0.4, 0.5) is 5.13 Å². The number of aromatic nitrogens is 1. The molecule has 0 radical (unpaired) electrons. The van der Waals surface area contributed by atoms with E-state index in [1.54, 1.807) is 13.3 Å². The maximum Gasteiger partial charge on any atom is 0.203 e. The van der Waals surface area contributed by atoms with Gasteiger partial charge in [0.2, 0.25) is 5.13 Å². The lowest BCUT2D eigenvalue weighted by atomic mass is 9.86. The molecule has 0 aliphatic carbocycles. The second-order valence-corrected chi connectivity index (χ2v) is 8.00. The van der Waals surface area contributed by atoms with E-state index in [0.717, 1.165) is 16.8 Å². The van der Waals surface area contributed by atoms with Crippen molar-refractivity contribution in [1.82, 2.24) is 4.98 Å². The maximum absolute atomic E-state index is 10.4. The fourth-order valence-electron chi connectivity index (χ4n) is 2.54. The van der Waals surface area contributed by atoms with Crippen LogP contribution in [0.3, 0.4) is 0 Å². The highest BCUT2D eigenvalue weighted by Gasteiger charge is 2.18. The number of aromatic hydroxyl groups is 1. The van der Waals surface area contributed by atoms with Gasteiger partial charge >= 0.3 is 0 Å². The minimum Gasteiger partial charge on any atom is -0.504 e. The minimum absolute atomic E-state index is 0.0696. The van der Waals surface area contributed by atoms with Crippen LogP contribution < -0.4 is 10.2 Å². The van der Waals surface area contributed by atoms with Gasteiger partial charge in [0.05, 0.1) is 19.0 Å². The first kappa shape index (κ1) is 18.9. The summed E-state index contributed by atoms with van der Waals surface area (Å²) in [5.74, 6) is 0.504. The van der Waals surface area contributed by atoms with Crippen molar-refractivity contribution >= 4 is 22.7 Å². The van der Waals surface area contributed by atoms with Crippen molar-refractivity contribution in [3.05, 3.63) is 59.0 Å². The topological polar surface area (TPSA) is 66.7 Å². The number of hydrogen-bond acceptors (Lipinski definition) is 6. The number of methoxy groups -OCH3 is 1. The minimum atomic E-state index is -0.0725. The quantitative estimate of drug-likeness (QED) is 0.467. The van der Waals surface area contributed by atoms with Crippen LogP contribution in [-0.4, -0.2) is 23.4 Å². The van der Waals surface area contributed by atoms with Crippen LogP contribution in [-0.2, 0) is 5.41 Å². The molecule has 3 aromatic rings. The molecule has 1 heterocycles. The average molecular weight is 382 g/mol. The summed E-state index contributed by atoms with van der Waals surface area (Å²) in [6.45, 7) is 6.33. The number of anilines is 1. The van der Waals surface area contributed by atoms with Crippen LogP contribution >= 0.6 is 11.3 Å². The molecule has 2 N–H and O–H groups in total. The first-order chi connectivity index (χ1) is 12.9. The van der Waals surface area contributed by atoms with Crippen LogP contribution in [0.2, 0.25) is 0 Å². The van der Waals surface area contributed by atoms with Gasteiger partial charge in [0.15, 0.2) is 11.5 Å². The summed E-state index contributed by atoms with van der Waals surface area (Å²) in [7, 11) is 1.54. The van der Waals surface area contributed by atoms with E-state index in [9.17, 15) is 5.11 Å². The predicted octanol–water partition coefficient (Wildman–Crippen LogP) is 5.27. The zero-order valence-electron chi connectivity index (χ0n) is 15.9. The molecule has 0 saturated heterocycles. The highest BCUT2D eigenvalue weighted by atomic mass is 32.1. The van der Waals surface area contributed by atoms with Crippen LogP contribution in [0.1, 0.15) is 31.9 Å². The molecule has 0 atom stereocenters. The summed E-state index contributed by atoms with van der Waals surface area (Å²) in [6, 6.07) is 13.8. The molecule has 6 heteroatoms. The Hall–Kier alpha value is -2.86. The second-order valence-electron chi connectivity index (χ2n) is 7.14. The number of thiazole rings is 1. The van der Waals surface area contributed by atoms with Crippen molar-refractivity contribution in [2.45, 2.75) is 26.2 Å². The molecule has 0 unspecified atom stereocenters. The molecule has 0 amide bonds. The Labute approximate surface area is 163 Å². The van der Waals surface area contributed by atoms with Crippen LogP contribution in [0, 0.1) is 0 Å². The Morgan fingerprint density at radius 3 is 2.59 bits per heavy atom. The lowest BCUT2D eigenvalue weighted by Crippen LogP contribution is -2.12. The summed E-state index contributed by atoms with van der Waals surface area (Å²) in [6.07, 6.45) is 1.58. The van der Waals surface area contributed by atoms with E-state index in [-0.39, 0.29) is 11.2 Å².